The van der Waals surface area contributed by atoms with Crippen LogP contribution in [0.3, 0.4) is 0 Å². The molecule has 1 heterocycles. The van der Waals surface area contributed by atoms with Gasteiger partial charge in [0.05, 0.1) is 14.2 Å². The van der Waals surface area contributed by atoms with Crippen molar-refractivity contribution in [2.75, 3.05) is 14.2 Å². The minimum Gasteiger partial charge on any atom is -0.497 e. The lowest BCUT2D eigenvalue weighted by Crippen LogP contribution is -2.27. The summed E-state index contributed by atoms with van der Waals surface area (Å²) in [4.78, 5) is 24.3. The van der Waals surface area contributed by atoms with E-state index in [1.165, 1.54) is 20.3 Å². The number of amidine groups is 1. The molecule has 2 aromatic carbocycles. The molecular formula is C19H17N3O5. The topological polar surface area (TPSA) is 116 Å². The van der Waals surface area contributed by atoms with Crippen molar-refractivity contribution in [3.8, 4) is 11.5 Å². The summed E-state index contributed by atoms with van der Waals surface area (Å²) in [5, 5.41) is 4.41. The fourth-order valence-corrected chi connectivity index (χ4v) is 2.39. The van der Waals surface area contributed by atoms with Gasteiger partial charge in [0, 0.05) is 10.9 Å². The number of amides is 1. The Balaban J connectivity index is 1.85. The van der Waals surface area contributed by atoms with E-state index in [2.05, 4.69) is 10.5 Å². The maximum absolute atomic E-state index is 12.1. The third-order valence-electron chi connectivity index (χ3n) is 3.85. The number of fused-ring (bicyclic) bond motifs is 1. The van der Waals surface area contributed by atoms with Crippen molar-refractivity contribution in [1.29, 1.82) is 0 Å². The first-order valence-corrected chi connectivity index (χ1v) is 7.91. The number of nitrogens with one attached hydrogen (secondary N) is 1. The van der Waals surface area contributed by atoms with Crippen LogP contribution < -0.4 is 26.3 Å². The molecule has 0 saturated carbocycles. The highest BCUT2D eigenvalue weighted by molar-refractivity contribution is 6.01. The van der Waals surface area contributed by atoms with E-state index in [-0.39, 0.29) is 11.4 Å². The molecule has 8 nitrogen and oxygen atoms in total. The van der Waals surface area contributed by atoms with Crippen molar-refractivity contribution in [2.24, 2.45) is 10.8 Å². The molecule has 0 radical (unpaired) electrons. The second-order valence-electron chi connectivity index (χ2n) is 5.52. The van der Waals surface area contributed by atoms with Crippen LogP contribution in [0, 0.1) is 0 Å². The van der Waals surface area contributed by atoms with Crippen molar-refractivity contribution in [3.05, 3.63) is 70.1 Å². The highest BCUT2D eigenvalue weighted by atomic mass is 16.5. The molecule has 1 aromatic heterocycles. The number of hydrazone groups is 1. The fraction of sp³-hybridized carbons (Fsp3) is 0.105. The maximum atomic E-state index is 12.1. The quantitative estimate of drug-likeness (QED) is 0.308. The summed E-state index contributed by atoms with van der Waals surface area (Å²) in [6, 6.07) is 13.0. The van der Waals surface area contributed by atoms with E-state index in [0.29, 0.717) is 28.0 Å². The summed E-state index contributed by atoms with van der Waals surface area (Å²) >= 11 is 0. The highest BCUT2D eigenvalue weighted by Crippen LogP contribution is 2.20. The number of methoxy groups -OCH3 is 2. The Hall–Kier alpha value is -3.81. The van der Waals surface area contributed by atoms with Crippen molar-refractivity contribution in [2.45, 2.75) is 0 Å². The van der Waals surface area contributed by atoms with Gasteiger partial charge >= 0.3 is 5.63 Å². The molecule has 3 N–H and O–H groups in total. The minimum absolute atomic E-state index is 0.0331. The zero-order chi connectivity index (χ0) is 19.4. The average molecular weight is 367 g/mol. The monoisotopic (exact) mass is 367 g/mol. The number of carbonyl (C=O) groups is 1. The first-order valence-electron chi connectivity index (χ1n) is 7.91. The van der Waals surface area contributed by atoms with Gasteiger partial charge in [-0.1, -0.05) is 0 Å². The standard InChI is InChI=1S/C19H17N3O5/c1-25-13-5-3-11(4-6-13)18(23)22-21-17(20)15-10-12-9-14(26-2)7-8-16(12)27-19(15)24/h3-10H,1-2H3,(H2,20,21)(H,22,23). The molecule has 0 aliphatic rings. The van der Waals surface area contributed by atoms with Gasteiger partial charge in [0.2, 0.25) is 0 Å². The van der Waals surface area contributed by atoms with Crippen LogP contribution in [0.2, 0.25) is 0 Å². The Bertz CT molecular complexity index is 1070. The molecular weight excluding hydrogens is 350 g/mol. The van der Waals surface area contributed by atoms with Gasteiger partial charge in [-0.15, -0.1) is 0 Å². The minimum atomic E-state index is -0.660. The highest BCUT2D eigenvalue weighted by Gasteiger charge is 2.11. The smallest absolute Gasteiger partial charge is 0.347 e. The first kappa shape index (κ1) is 18.0. The molecule has 0 spiro atoms. The second kappa shape index (κ2) is 7.61. The lowest BCUT2D eigenvalue weighted by Gasteiger charge is -2.05. The molecule has 0 unspecified atom stereocenters. The normalized spacial score (nSPS) is 11.3. The molecule has 3 rings (SSSR count). The van der Waals surface area contributed by atoms with Crippen LogP contribution in [0.25, 0.3) is 11.0 Å². The number of hydrogen-bond donors (Lipinski definition) is 2. The van der Waals surface area contributed by atoms with Gasteiger partial charge in [-0.25, -0.2) is 10.2 Å². The van der Waals surface area contributed by atoms with Crippen molar-refractivity contribution >= 4 is 22.7 Å². The van der Waals surface area contributed by atoms with E-state index in [4.69, 9.17) is 19.6 Å². The summed E-state index contributed by atoms with van der Waals surface area (Å²) < 4.78 is 15.4. The SMILES string of the molecule is COc1ccc(C(=O)N/N=C(/N)c2cc3cc(OC)ccc3oc2=O)cc1. The Morgan fingerprint density at radius 2 is 1.70 bits per heavy atom. The first-order chi connectivity index (χ1) is 13.0. The zero-order valence-corrected chi connectivity index (χ0v) is 14.7. The molecule has 0 aliphatic carbocycles. The van der Waals surface area contributed by atoms with Crippen LogP contribution in [0.5, 0.6) is 11.5 Å². The van der Waals surface area contributed by atoms with Gasteiger partial charge in [-0.3, -0.25) is 4.79 Å². The molecule has 27 heavy (non-hydrogen) atoms. The van der Waals surface area contributed by atoms with Crippen LogP contribution in [0.4, 0.5) is 0 Å². The third kappa shape index (κ3) is 3.90. The summed E-state index contributed by atoms with van der Waals surface area (Å²) in [6.45, 7) is 0. The number of ether oxygens (including phenoxy) is 2. The van der Waals surface area contributed by atoms with E-state index in [1.54, 1.807) is 42.5 Å². The third-order valence-corrected chi connectivity index (χ3v) is 3.85. The Labute approximate surface area is 154 Å². The van der Waals surface area contributed by atoms with Gasteiger partial charge < -0.3 is 19.6 Å². The molecule has 8 heteroatoms. The van der Waals surface area contributed by atoms with E-state index < -0.39 is 11.5 Å². The van der Waals surface area contributed by atoms with E-state index >= 15 is 0 Å². The molecule has 0 fully saturated rings. The Kier molecular flexibility index (Phi) is 5.07. The molecule has 0 atom stereocenters. The molecule has 138 valence electrons. The predicted octanol–water partition coefficient (Wildman–Crippen LogP) is 1.86. The van der Waals surface area contributed by atoms with E-state index in [0.717, 1.165) is 0 Å². The van der Waals surface area contributed by atoms with E-state index in [9.17, 15) is 9.59 Å². The Morgan fingerprint density at radius 1 is 1.04 bits per heavy atom. The van der Waals surface area contributed by atoms with Crippen LogP contribution in [-0.4, -0.2) is 26.0 Å². The van der Waals surface area contributed by atoms with Crippen molar-refractivity contribution < 1.29 is 18.7 Å². The molecule has 0 bridgehead atoms. The maximum Gasteiger partial charge on any atom is 0.347 e. The van der Waals surface area contributed by atoms with Crippen LogP contribution in [-0.2, 0) is 0 Å². The number of rotatable bonds is 5. The van der Waals surface area contributed by atoms with E-state index in [1.807, 2.05) is 0 Å². The number of nitrogens with two attached hydrogens (primary N) is 1. The second-order valence-corrected chi connectivity index (χ2v) is 5.52. The van der Waals surface area contributed by atoms with Gasteiger partial charge in [0.15, 0.2) is 5.84 Å². The molecule has 3 aromatic rings. The summed E-state index contributed by atoms with van der Waals surface area (Å²) in [5.74, 6) is 0.576. The molecule has 0 saturated heterocycles. The number of benzene rings is 2. The lowest BCUT2D eigenvalue weighted by molar-refractivity contribution is 0.0954. The van der Waals surface area contributed by atoms with Crippen LogP contribution in [0.1, 0.15) is 15.9 Å². The molecule has 0 aliphatic heterocycles. The number of carbonyl (C=O) groups excluding carboxylic acids is 1. The zero-order valence-electron chi connectivity index (χ0n) is 14.7. The summed E-state index contributed by atoms with van der Waals surface area (Å²) in [5.41, 5.74) is 8.29. The predicted molar refractivity (Wildman–Crippen MR) is 100 cm³/mol. The van der Waals surface area contributed by atoms with Gasteiger partial charge in [-0.05, 0) is 48.5 Å². The lowest BCUT2D eigenvalue weighted by atomic mass is 10.1. The van der Waals surface area contributed by atoms with Crippen LogP contribution >= 0.6 is 0 Å². The average Bonchev–Trinajstić information content (AvgIpc) is 2.70. The number of nitrogens with zero attached hydrogens (tertiary/aromatic N) is 1. The van der Waals surface area contributed by atoms with Gasteiger partial charge in [-0.2, -0.15) is 5.10 Å². The van der Waals surface area contributed by atoms with Crippen LogP contribution in [0.15, 0.2) is 62.8 Å². The Morgan fingerprint density at radius 3 is 2.37 bits per heavy atom. The summed E-state index contributed by atoms with van der Waals surface area (Å²) in [6.07, 6.45) is 0. The van der Waals surface area contributed by atoms with Gasteiger partial charge in [0.1, 0.15) is 22.6 Å². The number of hydrogen-bond acceptors (Lipinski definition) is 6. The fourth-order valence-electron chi connectivity index (χ4n) is 2.39. The largest absolute Gasteiger partial charge is 0.497 e. The van der Waals surface area contributed by atoms with Gasteiger partial charge in [0.25, 0.3) is 5.91 Å². The van der Waals surface area contributed by atoms with Crippen molar-refractivity contribution in [3.63, 3.8) is 0 Å². The molecule has 1 amide bonds. The summed E-state index contributed by atoms with van der Waals surface area (Å²) in [7, 11) is 3.07. The van der Waals surface area contributed by atoms with Crippen molar-refractivity contribution in [1.82, 2.24) is 5.43 Å².